The number of aromatic nitrogens is 2. The highest BCUT2D eigenvalue weighted by Gasteiger charge is 2.14. The van der Waals surface area contributed by atoms with Crippen LogP contribution >= 0.6 is 0 Å². The van der Waals surface area contributed by atoms with E-state index in [1.54, 1.807) is 0 Å². The molecule has 36 heavy (non-hydrogen) atoms. The lowest BCUT2D eigenvalue weighted by Gasteiger charge is -2.08. The summed E-state index contributed by atoms with van der Waals surface area (Å²) in [6.45, 7) is 0. The van der Waals surface area contributed by atoms with Crippen LogP contribution in [0.25, 0.3) is 71.2 Å². The highest BCUT2D eigenvalue weighted by Crippen LogP contribution is 2.37. The molecule has 2 heterocycles. The van der Waals surface area contributed by atoms with Crippen molar-refractivity contribution in [3.05, 3.63) is 127 Å². The molecule has 2 nitrogen and oxygen atoms in total. The first-order valence-electron chi connectivity index (χ1n) is 12.4. The van der Waals surface area contributed by atoms with Gasteiger partial charge in [-0.1, -0.05) is 84.9 Å². The molecule has 0 aliphatic heterocycles. The van der Waals surface area contributed by atoms with Gasteiger partial charge < -0.3 is 9.55 Å². The lowest BCUT2D eigenvalue weighted by atomic mass is 10.00. The third-order valence-corrected chi connectivity index (χ3v) is 7.52. The molecule has 8 aromatic rings. The zero-order chi connectivity index (χ0) is 23.6. The average molecular weight is 459 g/mol. The Bertz CT molecular complexity index is 2090. The van der Waals surface area contributed by atoms with Crippen molar-refractivity contribution >= 4 is 54.4 Å². The Morgan fingerprint density at radius 1 is 0.444 bits per heavy atom. The molecule has 8 rings (SSSR count). The number of rotatable bonds is 2. The summed E-state index contributed by atoms with van der Waals surface area (Å²) in [6, 6.07) is 46.0. The number of hydrogen-bond acceptors (Lipinski definition) is 0. The predicted octanol–water partition coefficient (Wildman–Crippen LogP) is 9.24. The van der Waals surface area contributed by atoms with Crippen LogP contribution in [0.4, 0.5) is 0 Å². The van der Waals surface area contributed by atoms with Gasteiger partial charge in [-0.2, -0.15) is 0 Å². The summed E-state index contributed by atoms with van der Waals surface area (Å²) < 4.78 is 2.36. The highest BCUT2D eigenvalue weighted by atomic mass is 15.0. The fourth-order valence-corrected chi connectivity index (χ4v) is 5.83. The standard InChI is InChI=1S/C34H22N2/c1-2-9-25(10-3-1)36-32-13-7-6-12-27(32)30-21-24(16-19-33(30)36)23-15-18-31-29(20-23)28-17-14-22-8-4-5-11-26(22)34(28)35-31/h1-21,35H. The fourth-order valence-electron chi connectivity index (χ4n) is 5.83. The molecule has 2 heteroatoms. The van der Waals surface area contributed by atoms with E-state index in [1.165, 1.54) is 71.2 Å². The SMILES string of the molecule is c1ccc(-n2c3ccccc3c3cc(-c4ccc5[nH]c6c7ccccc7ccc6c5c4)ccc32)cc1. The number of aromatic amines is 1. The smallest absolute Gasteiger partial charge is 0.0544 e. The Morgan fingerprint density at radius 2 is 1.14 bits per heavy atom. The number of nitrogens with one attached hydrogen (secondary N) is 1. The van der Waals surface area contributed by atoms with E-state index in [4.69, 9.17) is 0 Å². The third kappa shape index (κ3) is 2.73. The molecule has 0 fully saturated rings. The monoisotopic (exact) mass is 458 g/mol. The molecule has 0 spiro atoms. The van der Waals surface area contributed by atoms with Crippen molar-refractivity contribution < 1.29 is 0 Å². The van der Waals surface area contributed by atoms with Gasteiger partial charge in [0.15, 0.2) is 0 Å². The molecule has 0 saturated heterocycles. The minimum atomic E-state index is 1.17. The van der Waals surface area contributed by atoms with Gasteiger partial charge in [-0.25, -0.2) is 0 Å². The molecule has 2 aromatic heterocycles. The topological polar surface area (TPSA) is 20.7 Å². The van der Waals surface area contributed by atoms with Crippen LogP contribution in [0.3, 0.4) is 0 Å². The van der Waals surface area contributed by atoms with E-state index < -0.39 is 0 Å². The normalized spacial score (nSPS) is 11.9. The summed E-state index contributed by atoms with van der Waals surface area (Å²) in [7, 11) is 0. The van der Waals surface area contributed by atoms with Crippen molar-refractivity contribution in [2.45, 2.75) is 0 Å². The molecule has 1 N–H and O–H groups in total. The van der Waals surface area contributed by atoms with E-state index in [9.17, 15) is 0 Å². The van der Waals surface area contributed by atoms with Crippen molar-refractivity contribution in [2.24, 2.45) is 0 Å². The summed E-state index contributed by atoms with van der Waals surface area (Å²) in [5.74, 6) is 0. The van der Waals surface area contributed by atoms with Gasteiger partial charge in [-0.3, -0.25) is 0 Å². The van der Waals surface area contributed by atoms with Crippen LogP contribution in [0, 0.1) is 0 Å². The number of H-pyrrole nitrogens is 1. The largest absolute Gasteiger partial charge is 0.354 e. The highest BCUT2D eigenvalue weighted by molar-refractivity contribution is 6.17. The lowest BCUT2D eigenvalue weighted by Crippen LogP contribution is -1.92. The average Bonchev–Trinajstić information content (AvgIpc) is 3.49. The molecule has 0 unspecified atom stereocenters. The second-order valence-electron chi connectivity index (χ2n) is 9.51. The Kier molecular flexibility index (Phi) is 3.97. The number of benzene rings is 6. The minimum absolute atomic E-state index is 1.17. The van der Waals surface area contributed by atoms with Crippen LogP contribution in [0.1, 0.15) is 0 Å². The van der Waals surface area contributed by atoms with Crippen molar-refractivity contribution in [3.8, 4) is 16.8 Å². The zero-order valence-electron chi connectivity index (χ0n) is 19.6. The Balaban J connectivity index is 1.36. The summed E-state index contributed by atoms with van der Waals surface area (Å²) >= 11 is 0. The molecule has 0 aliphatic rings. The molecule has 0 atom stereocenters. The van der Waals surface area contributed by atoms with Crippen molar-refractivity contribution in [2.75, 3.05) is 0 Å². The Labute approximate surface area is 208 Å². The molecule has 6 aromatic carbocycles. The van der Waals surface area contributed by atoms with Crippen LogP contribution < -0.4 is 0 Å². The van der Waals surface area contributed by atoms with E-state index in [2.05, 4.69) is 137 Å². The van der Waals surface area contributed by atoms with Gasteiger partial charge in [-0.15, -0.1) is 0 Å². The quantitative estimate of drug-likeness (QED) is 0.266. The number of nitrogens with zero attached hydrogens (tertiary/aromatic N) is 1. The molecule has 0 saturated carbocycles. The molecule has 0 radical (unpaired) electrons. The van der Waals surface area contributed by atoms with E-state index in [-0.39, 0.29) is 0 Å². The summed E-state index contributed by atoms with van der Waals surface area (Å²) in [6.07, 6.45) is 0. The van der Waals surface area contributed by atoms with Crippen molar-refractivity contribution in [3.63, 3.8) is 0 Å². The van der Waals surface area contributed by atoms with Crippen LogP contribution in [0.2, 0.25) is 0 Å². The van der Waals surface area contributed by atoms with Gasteiger partial charge in [-0.05, 0) is 59.0 Å². The van der Waals surface area contributed by atoms with E-state index in [1.807, 2.05) is 0 Å². The summed E-state index contributed by atoms with van der Waals surface area (Å²) in [4.78, 5) is 3.67. The maximum Gasteiger partial charge on any atom is 0.0544 e. The predicted molar refractivity (Wildman–Crippen MR) is 153 cm³/mol. The summed E-state index contributed by atoms with van der Waals surface area (Å²) in [5, 5.41) is 7.61. The summed E-state index contributed by atoms with van der Waals surface area (Å²) in [5.41, 5.74) is 8.49. The zero-order valence-corrected chi connectivity index (χ0v) is 19.6. The van der Waals surface area contributed by atoms with Crippen molar-refractivity contribution in [1.82, 2.24) is 9.55 Å². The van der Waals surface area contributed by atoms with E-state index in [0.717, 1.165) is 0 Å². The van der Waals surface area contributed by atoms with Crippen molar-refractivity contribution in [1.29, 1.82) is 0 Å². The first-order valence-corrected chi connectivity index (χ1v) is 12.4. The molecular formula is C34H22N2. The molecule has 0 aliphatic carbocycles. The maximum atomic E-state index is 3.67. The number of hydrogen-bond donors (Lipinski definition) is 1. The molecular weight excluding hydrogens is 436 g/mol. The van der Waals surface area contributed by atoms with Crippen LogP contribution in [0.15, 0.2) is 127 Å². The van der Waals surface area contributed by atoms with Crippen LogP contribution in [-0.2, 0) is 0 Å². The third-order valence-electron chi connectivity index (χ3n) is 7.52. The minimum Gasteiger partial charge on any atom is -0.354 e. The first-order chi connectivity index (χ1) is 17.8. The van der Waals surface area contributed by atoms with Gasteiger partial charge >= 0.3 is 0 Å². The van der Waals surface area contributed by atoms with E-state index >= 15 is 0 Å². The second-order valence-corrected chi connectivity index (χ2v) is 9.51. The Morgan fingerprint density at radius 3 is 2.03 bits per heavy atom. The van der Waals surface area contributed by atoms with Gasteiger partial charge in [0.05, 0.1) is 16.6 Å². The van der Waals surface area contributed by atoms with Gasteiger partial charge in [0.1, 0.15) is 0 Å². The maximum absolute atomic E-state index is 3.67. The molecule has 168 valence electrons. The first kappa shape index (κ1) is 19.5. The van der Waals surface area contributed by atoms with Crippen LogP contribution in [0.5, 0.6) is 0 Å². The van der Waals surface area contributed by atoms with Gasteiger partial charge in [0.25, 0.3) is 0 Å². The number of para-hydroxylation sites is 2. The second kappa shape index (κ2) is 7.34. The van der Waals surface area contributed by atoms with Gasteiger partial charge in [0, 0.05) is 38.1 Å². The molecule has 0 bridgehead atoms. The molecule has 0 amide bonds. The van der Waals surface area contributed by atoms with Crippen LogP contribution in [-0.4, -0.2) is 9.55 Å². The fraction of sp³-hybridized carbons (Fsp3) is 0. The number of fused-ring (bicyclic) bond motifs is 8. The van der Waals surface area contributed by atoms with E-state index in [0.29, 0.717) is 0 Å². The van der Waals surface area contributed by atoms with Gasteiger partial charge in [0.2, 0.25) is 0 Å². The Hall–Kier alpha value is -4.82. The lowest BCUT2D eigenvalue weighted by molar-refractivity contribution is 1.18.